The van der Waals surface area contributed by atoms with Crippen LogP contribution in [0.3, 0.4) is 0 Å². The molecule has 3 rings (SSSR count). The Morgan fingerprint density at radius 2 is 2.25 bits per heavy atom. The van der Waals surface area contributed by atoms with Crippen molar-refractivity contribution < 1.29 is 4.39 Å². The molecule has 1 aromatic heterocycles. The topological polar surface area (TPSA) is 24.9 Å². The summed E-state index contributed by atoms with van der Waals surface area (Å²) in [6, 6.07) is 6.77. The van der Waals surface area contributed by atoms with Crippen molar-refractivity contribution in [3.8, 4) is 0 Å². The van der Waals surface area contributed by atoms with Gasteiger partial charge in [-0.3, -0.25) is 4.98 Å². The summed E-state index contributed by atoms with van der Waals surface area (Å²) in [5.74, 6) is 3.45. The van der Waals surface area contributed by atoms with Gasteiger partial charge in [-0.25, -0.2) is 4.39 Å². The molecule has 0 radical (unpaired) electrons. The van der Waals surface area contributed by atoms with Crippen LogP contribution in [0.15, 0.2) is 24.3 Å². The van der Waals surface area contributed by atoms with Gasteiger partial charge in [-0.1, -0.05) is 0 Å². The van der Waals surface area contributed by atoms with Crippen molar-refractivity contribution in [1.29, 1.82) is 0 Å². The maximum atomic E-state index is 13.4. The second-order valence-electron chi connectivity index (χ2n) is 4.92. The van der Waals surface area contributed by atoms with Gasteiger partial charge in [-0.2, -0.15) is 23.5 Å². The van der Waals surface area contributed by atoms with Gasteiger partial charge in [0.15, 0.2) is 0 Å². The number of rotatable bonds is 3. The minimum absolute atomic E-state index is 0.214. The SMILES string of the molecule is Cc1cc(NCC2CSCCS2)c2cc(F)ccc2n1. The van der Waals surface area contributed by atoms with Gasteiger partial charge in [0, 0.05) is 45.8 Å². The highest BCUT2D eigenvalue weighted by Gasteiger charge is 2.14. The van der Waals surface area contributed by atoms with E-state index in [1.165, 1.54) is 23.3 Å². The third-order valence-corrected chi connectivity index (χ3v) is 6.15. The maximum absolute atomic E-state index is 13.4. The Labute approximate surface area is 126 Å². The van der Waals surface area contributed by atoms with Crippen LogP contribution >= 0.6 is 23.5 Å². The zero-order chi connectivity index (χ0) is 13.9. The number of nitrogens with zero attached hydrogens (tertiary/aromatic N) is 1. The van der Waals surface area contributed by atoms with E-state index < -0.39 is 0 Å². The Balaban J connectivity index is 1.83. The Morgan fingerprint density at radius 1 is 1.35 bits per heavy atom. The molecule has 0 bridgehead atoms. The van der Waals surface area contributed by atoms with Crippen LogP contribution in [0, 0.1) is 12.7 Å². The van der Waals surface area contributed by atoms with Gasteiger partial charge in [-0.05, 0) is 31.2 Å². The summed E-state index contributed by atoms with van der Waals surface area (Å²) in [6.45, 7) is 2.89. The average Bonchev–Trinajstić information content (AvgIpc) is 2.46. The van der Waals surface area contributed by atoms with Gasteiger partial charge in [-0.15, -0.1) is 0 Å². The first-order chi connectivity index (χ1) is 9.72. The summed E-state index contributed by atoms with van der Waals surface area (Å²) in [5, 5.41) is 4.98. The van der Waals surface area contributed by atoms with Crippen molar-refractivity contribution in [3.63, 3.8) is 0 Å². The van der Waals surface area contributed by atoms with E-state index in [-0.39, 0.29) is 5.82 Å². The van der Waals surface area contributed by atoms with Gasteiger partial charge in [0.25, 0.3) is 0 Å². The molecule has 2 aromatic rings. The van der Waals surface area contributed by atoms with Crippen molar-refractivity contribution in [3.05, 3.63) is 35.8 Å². The van der Waals surface area contributed by atoms with E-state index in [0.29, 0.717) is 5.25 Å². The Morgan fingerprint density at radius 3 is 3.05 bits per heavy atom. The van der Waals surface area contributed by atoms with Crippen molar-refractivity contribution in [2.75, 3.05) is 29.1 Å². The lowest BCUT2D eigenvalue weighted by atomic mass is 10.1. The number of aromatic nitrogens is 1. The number of thioether (sulfide) groups is 2. The number of aryl methyl sites for hydroxylation is 1. The van der Waals surface area contributed by atoms with Crippen molar-refractivity contribution in [2.24, 2.45) is 0 Å². The number of hydrogen-bond acceptors (Lipinski definition) is 4. The molecule has 1 aromatic carbocycles. The van der Waals surface area contributed by atoms with Crippen LogP contribution < -0.4 is 5.32 Å². The molecule has 1 saturated heterocycles. The molecule has 2 heterocycles. The summed E-state index contributed by atoms with van der Waals surface area (Å²) in [7, 11) is 0. The van der Waals surface area contributed by atoms with Crippen molar-refractivity contribution in [1.82, 2.24) is 4.98 Å². The van der Waals surface area contributed by atoms with Crippen LogP contribution in [0.25, 0.3) is 10.9 Å². The van der Waals surface area contributed by atoms with Gasteiger partial charge in [0.2, 0.25) is 0 Å². The maximum Gasteiger partial charge on any atom is 0.124 e. The standard InChI is InChI=1S/C15H17FN2S2/c1-10-6-15(17-8-12-9-19-4-5-20-12)13-7-11(16)2-3-14(13)18-10/h2-3,6-7,12H,4-5,8-9H2,1H3,(H,17,18). The van der Waals surface area contributed by atoms with E-state index in [2.05, 4.69) is 10.3 Å². The highest BCUT2D eigenvalue weighted by atomic mass is 32.2. The Bertz CT molecular complexity index is 612. The zero-order valence-corrected chi connectivity index (χ0v) is 13.0. The van der Waals surface area contributed by atoms with Gasteiger partial charge >= 0.3 is 0 Å². The van der Waals surface area contributed by atoms with E-state index in [1.54, 1.807) is 12.1 Å². The number of hydrogen-bond donors (Lipinski definition) is 1. The van der Waals surface area contributed by atoms with Gasteiger partial charge < -0.3 is 5.32 Å². The molecule has 1 N–H and O–H groups in total. The van der Waals surface area contributed by atoms with Crippen LogP contribution in [0.4, 0.5) is 10.1 Å². The first-order valence-corrected chi connectivity index (χ1v) is 8.93. The van der Waals surface area contributed by atoms with Crippen LogP contribution in [-0.4, -0.2) is 34.0 Å². The molecule has 1 aliphatic heterocycles. The number of halogens is 1. The monoisotopic (exact) mass is 308 g/mol. The lowest BCUT2D eigenvalue weighted by molar-refractivity contribution is 0.629. The van der Waals surface area contributed by atoms with Gasteiger partial charge in [0.05, 0.1) is 5.52 Å². The highest BCUT2D eigenvalue weighted by molar-refractivity contribution is 8.06. The minimum Gasteiger partial charge on any atom is -0.383 e. The lowest BCUT2D eigenvalue weighted by Crippen LogP contribution is -2.23. The van der Waals surface area contributed by atoms with Crippen LogP contribution in [0.1, 0.15) is 5.69 Å². The normalized spacial score (nSPS) is 19.2. The molecule has 0 saturated carbocycles. The summed E-state index contributed by atoms with van der Waals surface area (Å²) < 4.78 is 13.4. The molecule has 1 unspecified atom stereocenters. The molecule has 1 atom stereocenters. The number of nitrogens with one attached hydrogen (secondary N) is 1. The number of benzene rings is 1. The van der Waals surface area contributed by atoms with E-state index in [9.17, 15) is 4.39 Å². The van der Waals surface area contributed by atoms with E-state index in [0.717, 1.165) is 28.8 Å². The fourth-order valence-corrected chi connectivity index (χ4v) is 4.97. The average molecular weight is 308 g/mol. The van der Waals surface area contributed by atoms with Crippen molar-refractivity contribution in [2.45, 2.75) is 12.2 Å². The summed E-state index contributed by atoms with van der Waals surface area (Å²) in [6.07, 6.45) is 0. The molecular formula is C15H17FN2S2. The first kappa shape index (κ1) is 14.0. The number of pyridine rings is 1. The highest BCUT2D eigenvalue weighted by Crippen LogP contribution is 2.27. The molecule has 2 nitrogen and oxygen atoms in total. The fourth-order valence-electron chi connectivity index (χ4n) is 2.35. The molecule has 0 spiro atoms. The van der Waals surface area contributed by atoms with Crippen LogP contribution in [0.5, 0.6) is 0 Å². The first-order valence-electron chi connectivity index (χ1n) is 6.72. The summed E-state index contributed by atoms with van der Waals surface area (Å²) in [5.41, 5.74) is 2.79. The second kappa shape index (κ2) is 6.22. The lowest BCUT2D eigenvalue weighted by Gasteiger charge is -2.22. The smallest absolute Gasteiger partial charge is 0.124 e. The molecule has 106 valence electrons. The van der Waals surface area contributed by atoms with E-state index in [1.807, 2.05) is 36.5 Å². The predicted octanol–water partition coefficient (Wildman–Crippen LogP) is 3.94. The summed E-state index contributed by atoms with van der Waals surface area (Å²) in [4.78, 5) is 4.46. The fraction of sp³-hybridized carbons (Fsp3) is 0.400. The molecule has 1 fully saturated rings. The van der Waals surface area contributed by atoms with E-state index >= 15 is 0 Å². The molecule has 1 aliphatic rings. The summed E-state index contributed by atoms with van der Waals surface area (Å²) >= 11 is 4.04. The van der Waals surface area contributed by atoms with E-state index in [4.69, 9.17) is 0 Å². The molecule has 0 amide bonds. The molecular weight excluding hydrogens is 291 g/mol. The third kappa shape index (κ3) is 3.20. The predicted molar refractivity (Wildman–Crippen MR) is 88.5 cm³/mol. The third-order valence-electron chi connectivity index (χ3n) is 3.30. The molecule has 20 heavy (non-hydrogen) atoms. The Hall–Kier alpha value is -0.940. The zero-order valence-electron chi connectivity index (χ0n) is 11.4. The van der Waals surface area contributed by atoms with Gasteiger partial charge in [0.1, 0.15) is 5.82 Å². The number of anilines is 1. The number of fused-ring (bicyclic) bond motifs is 1. The quantitative estimate of drug-likeness (QED) is 0.928. The molecule has 5 heteroatoms. The second-order valence-corrected chi connectivity index (χ2v) is 7.48. The van der Waals surface area contributed by atoms with Crippen molar-refractivity contribution >= 4 is 40.1 Å². The van der Waals surface area contributed by atoms with Crippen LogP contribution in [0.2, 0.25) is 0 Å². The Kier molecular flexibility index (Phi) is 4.36. The largest absolute Gasteiger partial charge is 0.383 e. The molecule has 0 aliphatic carbocycles. The minimum atomic E-state index is -0.214. The van der Waals surface area contributed by atoms with Crippen LogP contribution in [-0.2, 0) is 0 Å².